The number of aromatic hydroxyl groups is 1. The predicted molar refractivity (Wildman–Crippen MR) is 75.7 cm³/mol. The average Bonchev–Trinajstić information content (AvgIpc) is 2.78. The maximum Gasteiger partial charge on any atom is 0.254 e. The Balaban J connectivity index is 1.75. The predicted octanol–water partition coefficient (Wildman–Crippen LogP) is 2.42. The lowest BCUT2D eigenvalue weighted by Gasteiger charge is -2.39. The van der Waals surface area contributed by atoms with Gasteiger partial charge in [0.15, 0.2) is 0 Å². The summed E-state index contributed by atoms with van der Waals surface area (Å²) in [5.74, 6) is 0.697. The first-order valence-corrected chi connectivity index (χ1v) is 7.30. The van der Waals surface area contributed by atoms with E-state index in [9.17, 15) is 9.90 Å². The zero-order valence-corrected chi connectivity index (χ0v) is 11.8. The molecule has 1 aromatic rings. The zero-order valence-electron chi connectivity index (χ0n) is 11.8. The fourth-order valence-electron chi connectivity index (χ4n) is 3.45. The molecule has 2 saturated heterocycles. The van der Waals surface area contributed by atoms with Gasteiger partial charge in [0.2, 0.25) is 0 Å². The van der Waals surface area contributed by atoms with E-state index in [4.69, 9.17) is 4.74 Å². The standard InChI is InChI=1S/C16H21NO3/c1-12-9-16(20-10-12)6-3-7-17(11-16)15(19)13-4-2-5-14(18)8-13/h2,4-5,8,12,18H,3,6-7,9-11H2,1H3. The first-order chi connectivity index (χ1) is 9.58. The molecule has 2 aliphatic heterocycles. The van der Waals surface area contributed by atoms with E-state index in [0.29, 0.717) is 18.0 Å². The van der Waals surface area contributed by atoms with Crippen molar-refractivity contribution in [3.8, 4) is 5.75 Å². The van der Waals surface area contributed by atoms with Gasteiger partial charge in [0.05, 0.1) is 12.2 Å². The van der Waals surface area contributed by atoms with Crippen LogP contribution in [0.1, 0.15) is 36.5 Å². The Labute approximate surface area is 119 Å². The number of hydrogen-bond acceptors (Lipinski definition) is 3. The Bertz CT molecular complexity index is 512. The van der Waals surface area contributed by atoms with Crippen LogP contribution in [0, 0.1) is 5.92 Å². The Morgan fingerprint density at radius 2 is 2.35 bits per heavy atom. The van der Waals surface area contributed by atoms with Gasteiger partial charge in [0, 0.05) is 18.7 Å². The number of nitrogens with zero attached hydrogens (tertiary/aromatic N) is 1. The summed E-state index contributed by atoms with van der Waals surface area (Å²) >= 11 is 0. The molecule has 2 unspecified atom stereocenters. The van der Waals surface area contributed by atoms with E-state index < -0.39 is 0 Å². The SMILES string of the molecule is CC1COC2(CCCN(C(=O)c3cccc(O)c3)C2)C1. The third-order valence-electron chi connectivity index (χ3n) is 4.31. The van der Waals surface area contributed by atoms with E-state index in [1.54, 1.807) is 18.2 Å². The number of piperidine rings is 1. The number of carbonyl (C=O) groups excluding carboxylic acids is 1. The van der Waals surface area contributed by atoms with Crippen molar-refractivity contribution in [2.75, 3.05) is 19.7 Å². The molecule has 0 saturated carbocycles. The third-order valence-corrected chi connectivity index (χ3v) is 4.31. The molecule has 2 aliphatic rings. The first-order valence-electron chi connectivity index (χ1n) is 7.30. The minimum atomic E-state index is -0.135. The molecule has 3 rings (SSSR count). The number of benzene rings is 1. The van der Waals surface area contributed by atoms with Crippen LogP contribution in [0.2, 0.25) is 0 Å². The second kappa shape index (κ2) is 5.09. The first kappa shape index (κ1) is 13.4. The Hall–Kier alpha value is -1.55. The molecule has 4 nitrogen and oxygen atoms in total. The molecule has 20 heavy (non-hydrogen) atoms. The van der Waals surface area contributed by atoms with E-state index >= 15 is 0 Å². The zero-order chi connectivity index (χ0) is 14.2. The molecule has 1 N–H and O–H groups in total. The highest BCUT2D eigenvalue weighted by atomic mass is 16.5. The highest BCUT2D eigenvalue weighted by Crippen LogP contribution is 2.37. The largest absolute Gasteiger partial charge is 0.508 e. The van der Waals surface area contributed by atoms with E-state index in [0.717, 1.165) is 32.4 Å². The summed E-state index contributed by atoms with van der Waals surface area (Å²) in [6.45, 7) is 4.44. The average molecular weight is 275 g/mol. The molecule has 0 aromatic heterocycles. The Morgan fingerprint density at radius 1 is 1.50 bits per heavy atom. The minimum absolute atomic E-state index is 0.0110. The van der Waals surface area contributed by atoms with Crippen molar-refractivity contribution in [3.05, 3.63) is 29.8 Å². The van der Waals surface area contributed by atoms with Crippen LogP contribution in [0.5, 0.6) is 5.75 Å². The second-order valence-electron chi connectivity index (χ2n) is 6.18. The minimum Gasteiger partial charge on any atom is -0.508 e. The molecule has 1 aromatic carbocycles. The van der Waals surface area contributed by atoms with Gasteiger partial charge in [-0.15, -0.1) is 0 Å². The van der Waals surface area contributed by atoms with Gasteiger partial charge in [-0.3, -0.25) is 4.79 Å². The molecule has 108 valence electrons. The summed E-state index contributed by atoms with van der Waals surface area (Å²) in [7, 11) is 0. The van der Waals surface area contributed by atoms with E-state index in [1.165, 1.54) is 6.07 Å². The Kier molecular flexibility index (Phi) is 3.42. The van der Waals surface area contributed by atoms with Gasteiger partial charge < -0.3 is 14.7 Å². The fraction of sp³-hybridized carbons (Fsp3) is 0.562. The quantitative estimate of drug-likeness (QED) is 0.856. The van der Waals surface area contributed by atoms with Gasteiger partial charge in [0.1, 0.15) is 5.75 Å². The fourth-order valence-corrected chi connectivity index (χ4v) is 3.45. The lowest BCUT2D eigenvalue weighted by Crippen LogP contribution is -2.50. The molecule has 2 fully saturated rings. The number of likely N-dealkylation sites (tertiary alicyclic amines) is 1. The third kappa shape index (κ3) is 2.52. The summed E-state index contributed by atoms with van der Waals surface area (Å²) < 4.78 is 5.99. The van der Waals surface area contributed by atoms with Crippen LogP contribution >= 0.6 is 0 Å². The van der Waals surface area contributed by atoms with Crippen molar-refractivity contribution in [2.24, 2.45) is 5.92 Å². The lowest BCUT2D eigenvalue weighted by molar-refractivity contribution is -0.0449. The number of phenols is 1. The van der Waals surface area contributed by atoms with E-state index in [2.05, 4.69) is 6.92 Å². The summed E-state index contributed by atoms with van der Waals surface area (Å²) in [6.07, 6.45) is 3.06. The number of phenolic OH excluding ortho intramolecular Hbond substituents is 1. The van der Waals surface area contributed by atoms with Crippen molar-refractivity contribution < 1.29 is 14.6 Å². The van der Waals surface area contributed by atoms with Gasteiger partial charge in [0.25, 0.3) is 5.91 Å². The van der Waals surface area contributed by atoms with Crippen molar-refractivity contribution in [3.63, 3.8) is 0 Å². The lowest BCUT2D eigenvalue weighted by atomic mass is 9.87. The number of rotatable bonds is 1. The summed E-state index contributed by atoms with van der Waals surface area (Å²) in [5.41, 5.74) is 0.414. The molecular weight excluding hydrogens is 254 g/mol. The topological polar surface area (TPSA) is 49.8 Å². The van der Waals surface area contributed by atoms with Gasteiger partial charge in [-0.1, -0.05) is 13.0 Å². The maximum absolute atomic E-state index is 12.5. The molecule has 0 aliphatic carbocycles. The van der Waals surface area contributed by atoms with Crippen LogP contribution in [0.25, 0.3) is 0 Å². The van der Waals surface area contributed by atoms with Crippen molar-refractivity contribution in [2.45, 2.75) is 31.8 Å². The second-order valence-corrected chi connectivity index (χ2v) is 6.18. The molecule has 1 amide bonds. The van der Waals surface area contributed by atoms with Crippen molar-refractivity contribution in [1.82, 2.24) is 4.90 Å². The van der Waals surface area contributed by atoms with Crippen molar-refractivity contribution in [1.29, 1.82) is 0 Å². The molecule has 1 spiro atoms. The van der Waals surface area contributed by atoms with Gasteiger partial charge in [-0.2, -0.15) is 0 Å². The normalized spacial score (nSPS) is 29.9. The number of hydrogen-bond donors (Lipinski definition) is 1. The van der Waals surface area contributed by atoms with E-state index in [1.807, 2.05) is 4.90 Å². The van der Waals surface area contributed by atoms with Crippen LogP contribution in [0.3, 0.4) is 0 Å². The summed E-state index contributed by atoms with van der Waals surface area (Å²) in [6, 6.07) is 6.57. The van der Waals surface area contributed by atoms with Crippen LogP contribution in [0.15, 0.2) is 24.3 Å². The van der Waals surface area contributed by atoms with Crippen LogP contribution in [0.4, 0.5) is 0 Å². The summed E-state index contributed by atoms with van der Waals surface area (Å²) in [5, 5.41) is 9.50. The van der Waals surface area contributed by atoms with Gasteiger partial charge >= 0.3 is 0 Å². The van der Waals surface area contributed by atoms with Gasteiger partial charge in [-0.25, -0.2) is 0 Å². The molecule has 0 radical (unpaired) electrons. The number of amides is 1. The molecule has 0 bridgehead atoms. The number of ether oxygens (including phenoxy) is 1. The van der Waals surface area contributed by atoms with Crippen molar-refractivity contribution >= 4 is 5.91 Å². The number of carbonyl (C=O) groups is 1. The monoisotopic (exact) mass is 275 g/mol. The van der Waals surface area contributed by atoms with Crippen LogP contribution in [-0.4, -0.2) is 41.2 Å². The maximum atomic E-state index is 12.5. The van der Waals surface area contributed by atoms with Crippen LogP contribution in [-0.2, 0) is 4.74 Å². The smallest absolute Gasteiger partial charge is 0.254 e. The van der Waals surface area contributed by atoms with Gasteiger partial charge in [-0.05, 0) is 43.4 Å². The van der Waals surface area contributed by atoms with Crippen LogP contribution < -0.4 is 0 Å². The Morgan fingerprint density at radius 3 is 3.05 bits per heavy atom. The molecule has 2 heterocycles. The molecule has 2 atom stereocenters. The molecular formula is C16H21NO3. The van der Waals surface area contributed by atoms with E-state index in [-0.39, 0.29) is 17.3 Å². The highest BCUT2D eigenvalue weighted by molar-refractivity contribution is 5.94. The summed E-state index contributed by atoms with van der Waals surface area (Å²) in [4.78, 5) is 14.4. The highest BCUT2D eigenvalue weighted by Gasteiger charge is 2.43. The molecule has 4 heteroatoms.